The summed E-state index contributed by atoms with van der Waals surface area (Å²) in [6.45, 7) is 3.13. The van der Waals surface area contributed by atoms with Gasteiger partial charge in [0.2, 0.25) is 0 Å². The molecule has 0 amide bonds. The van der Waals surface area contributed by atoms with Crippen LogP contribution in [0.5, 0.6) is 0 Å². The Labute approximate surface area is 87.7 Å². The van der Waals surface area contributed by atoms with Gasteiger partial charge in [0, 0.05) is 0 Å². The van der Waals surface area contributed by atoms with Gasteiger partial charge in [0.25, 0.3) is 0 Å². The van der Waals surface area contributed by atoms with Crippen LogP contribution >= 0.6 is 12.6 Å². The van der Waals surface area contributed by atoms with Gasteiger partial charge in [-0.3, -0.25) is 0 Å². The van der Waals surface area contributed by atoms with Crippen LogP contribution in [0.4, 0.5) is 0 Å². The topological polar surface area (TPSA) is 9.23 Å². The van der Waals surface area contributed by atoms with Crippen molar-refractivity contribution in [3.05, 3.63) is 0 Å². The van der Waals surface area contributed by atoms with Crippen molar-refractivity contribution in [2.24, 2.45) is 5.92 Å². The third kappa shape index (κ3) is 4.37. The van der Waals surface area contributed by atoms with E-state index in [-0.39, 0.29) is 0 Å². The van der Waals surface area contributed by atoms with Gasteiger partial charge in [0.05, 0.1) is 12.7 Å². The van der Waals surface area contributed by atoms with E-state index in [9.17, 15) is 0 Å². The monoisotopic (exact) mass is 202 g/mol. The van der Waals surface area contributed by atoms with Crippen LogP contribution < -0.4 is 0 Å². The summed E-state index contributed by atoms with van der Waals surface area (Å²) in [5, 5.41) is 0. The van der Waals surface area contributed by atoms with Crippen LogP contribution in [0.15, 0.2) is 0 Å². The van der Waals surface area contributed by atoms with Crippen molar-refractivity contribution in [1.29, 1.82) is 0 Å². The molecule has 0 aliphatic heterocycles. The fraction of sp³-hybridized carbons (Fsp3) is 1.00. The van der Waals surface area contributed by atoms with Crippen molar-refractivity contribution in [2.45, 2.75) is 51.6 Å². The third-order valence-electron chi connectivity index (χ3n) is 2.96. The second-order valence-corrected chi connectivity index (χ2v) is 4.42. The van der Waals surface area contributed by atoms with Crippen LogP contribution in [-0.2, 0) is 4.74 Å². The van der Waals surface area contributed by atoms with E-state index in [1.165, 1.54) is 38.5 Å². The van der Waals surface area contributed by atoms with Crippen molar-refractivity contribution in [1.82, 2.24) is 0 Å². The van der Waals surface area contributed by atoms with Gasteiger partial charge in [-0.1, -0.05) is 32.6 Å². The molecule has 0 aromatic rings. The average Bonchev–Trinajstić information content (AvgIpc) is 2.21. The maximum atomic E-state index is 5.88. The highest BCUT2D eigenvalue weighted by Gasteiger charge is 2.15. The summed E-state index contributed by atoms with van der Waals surface area (Å²) in [6.07, 6.45) is 8.44. The molecule has 0 aromatic heterocycles. The molecule has 13 heavy (non-hydrogen) atoms. The Morgan fingerprint density at radius 2 is 2.00 bits per heavy atom. The number of ether oxygens (including phenoxy) is 1. The first-order chi connectivity index (χ1) is 6.36. The Bertz CT molecular complexity index is 117. The van der Waals surface area contributed by atoms with Gasteiger partial charge in [-0.15, -0.1) is 0 Å². The molecule has 1 fully saturated rings. The van der Waals surface area contributed by atoms with Crippen LogP contribution in [0.1, 0.15) is 45.4 Å². The molecule has 0 bridgehead atoms. The molecule has 1 saturated carbocycles. The fourth-order valence-electron chi connectivity index (χ4n) is 1.80. The van der Waals surface area contributed by atoms with Gasteiger partial charge in [0.15, 0.2) is 0 Å². The number of thiol groups is 1. The van der Waals surface area contributed by atoms with E-state index in [1.807, 2.05) is 0 Å². The van der Waals surface area contributed by atoms with Gasteiger partial charge in [-0.25, -0.2) is 0 Å². The van der Waals surface area contributed by atoms with Crippen LogP contribution in [0.3, 0.4) is 0 Å². The summed E-state index contributed by atoms with van der Waals surface area (Å²) < 4.78 is 5.88. The van der Waals surface area contributed by atoms with E-state index >= 15 is 0 Å². The molecule has 1 unspecified atom stereocenters. The van der Waals surface area contributed by atoms with Gasteiger partial charge >= 0.3 is 0 Å². The Kier molecular flexibility index (Phi) is 5.88. The number of rotatable bonds is 5. The highest BCUT2D eigenvalue weighted by atomic mass is 32.1. The molecule has 0 heterocycles. The van der Waals surface area contributed by atoms with Crippen molar-refractivity contribution >= 4 is 12.6 Å². The van der Waals surface area contributed by atoms with Gasteiger partial charge in [-0.05, 0) is 24.5 Å². The standard InChI is InChI=1S/C11H22OS/c1-2-10(9-13)8-12-11-6-4-3-5-7-11/h10-11,13H,2-9H2,1H3. The molecule has 2 heteroatoms. The first kappa shape index (κ1) is 11.4. The average molecular weight is 202 g/mol. The van der Waals surface area contributed by atoms with E-state index in [0.29, 0.717) is 12.0 Å². The van der Waals surface area contributed by atoms with E-state index in [0.717, 1.165) is 12.4 Å². The first-order valence-electron chi connectivity index (χ1n) is 5.59. The molecule has 0 spiro atoms. The SMILES string of the molecule is CCC(CS)COC1CCCCC1. The second-order valence-electron chi connectivity index (χ2n) is 4.05. The van der Waals surface area contributed by atoms with Gasteiger partial charge in [-0.2, -0.15) is 12.6 Å². The number of hydrogen-bond acceptors (Lipinski definition) is 2. The maximum absolute atomic E-state index is 5.88. The quantitative estimate of drug-likeness (QED) is 0.673. The minimum absolute atomic E-state index is 0.558. The molecule has 0 aromatic carbocycles. The van der Waals surface area contributed by atoms with Crippen molar-refractivity contribution in [3.8, 4) is 0 Å². The smallest absolute Gasteiger partial charge is 0.0575 e. The summed E-state index contributed by atoms with van der Waals surface area (Å²) in [7, 11) is 0. The van der Waals surface area contributed by atoms with Crippen LogP contribution in [0, 0.1) is 5.92 Å². The van der Waals surface area contributed by atoms with Crippen molar-refractivity contribution in [2.75, 3.05) is 12.4 Å². The highest BCUT2D eigenvalue weighted by molar-refractivity contribution is 7.80. The normalized spacial score (nSPS) is 21.7. The Morgan fingerprint density at radius 3 is 2.54 bits per heavy atom. The third-order valence-corrected chi connectivity index (χ3v) is 3.47. The van der Waals surface area contributed by atoms with Gasteiger partial charge < -0.3 is 4.74 Å². The summed E-state index contributed by atoms with van der Waals surface area (Å²) in [5.41, 5.74) is 0. The summed E-state index contributed by atoms with van der Waals surface area (Å²) in [6, 6.07) is 0. The van der Waals surface area contributed by atoms with E-state index in [1.54, 1.807) is 0 Å². The Hall–Kier alpha value is 0.310. The Morgan fingerprint density at radius 1 is 1.31 bits per heavy atom. The predicted molar refractivity (Wildman–Crippen MR) is 60.5 cm³/mol. The second kappa shape index (κ2) is 6.72. The van der Waals surface area contributed by atoms with Crippen molar-refractivity contribution < 1.29 is 4.74 Å². The zero-order valence-corrected chi connectivity index (χ0v) is 9.56. The summed E-state index contributed by atoms with van der Waals surface area (Å²) in [5.74, 6) is 1.62. The minimum Gasteiger partial charge on any atom is -0.378 e. The lowest BCUT2D eigenvalue weighted by Gasteiger charge is -2.24. The zero-order chi connectivity index (χ0) is 9.52. The zero-order valence-electron chi connectivity index (χ0n) is 8.67. The lowest BCUT2D eigenvalue weighted by molar-refractivity contribution is 0.0111. The van der Waals surface area contributed by atoms with E-state index < -0.39 is 0 Å². The fourth-order valence-corrected chi connectivity index (χ4v) is 2.17. The predicted octanol–water partition coefficient (Wildman–Crippen LogP) is 3.29. The van der Waals surface area contributed by atoms with Crippen LogP contribution in [0.25, 0.3) is 0 Å². The molecule has 1 rings (SSSR count). The maximum Gasteiger partial charge on any atom is 0.0575 e. The molecule has 1 atom stereocenters. The van der Waals surface area contributed by atoms with Crippen molar-refractivity contribution in [3.63, 3.8) is 0 Å². The van der Waals surface area contributed by atoms with E-state index in [4.69, 9.17) is 4.74 Å². The largest absolute Gasteiger partial charge is 0.378 e. The van der Waals surface area contributed by atoms with E-state index in [2.05, 4.69) is 19.6 Å². The molecule has 0 radical (unpaired) electrons. The Balaban J connectivity index is 2.09. The summed E-state index contributed by atoms with van der Waals surface area (Å²) in [4.78, 5) is 0. The van der Waals surface area contributed by atoms with Gasteiger partial charge in [0.1, 0.15) is 0 Å². The first-order valence-corrected chi connectivity index (χ1v) is 6.22. The highest BCUT2D eigenvalue weighted by Crippen LogP contribution is 2.21. The molecule has 0 saturated heterocycles. The molecular formula is C11H22OS. The lowest BCUT2D eigenvalue weighted by Crippen LogP contribution is -2.21. The number of hydrogen-bond donors (Lipinski definition) is 1. The molecule has 1 aliphatic carbocycles. The lowest BCUT2D eigenvalue weighted by atomic mass is 9.97. The molecule has 1 aliphatic rings. The van der Waals surface area contributed by atoms with Crippen LogP contribution in [-0.4, -0.2) is 18.5 Å². The van der Waals surface area contributed by atoms with Crippen LogP contribution in [0.2, 0.25) is 0 Å². The molecule has 1 nitrogen and oxygen atoms in total. The summed E-state index contributed by atoms with van der Waals surface area (Å²) >= 11 is 4.31. The molecular weight excluding hydrogens is 180 g/mol. The molecule has 0 N–H and O–H groups in total. The molecule has 78 valence electrons. The minimum atomic E-state index is 0.558.